The smallest absolute Gasteiger partial charge is 0.256 e. The van der Waals surface area contributed by atoms with E-state index < -0.39 is 0 Å². The number of carbonyl (C=O) groups is 2. The van der Waals surface area contributed by atoms with E-state index >= 15 is 0 Å². The summed E-state index contributed by atoms with van der Waals surface area (Å²) in [6.07, 6.45) is 1.57. The minimum Gasteiger partial charge on any atom is -0.355 e. The molecule has 0 fully saturated rings. The van der Waals surface area contributed by atoms with Gasteiger partial charge in [-0.1, -0.05) is 0 Å². The van der Waals surface area contributed by atoms with Crippen molar-refractivity contribution in [2.45, 2.75) is 13.3 Å². The van der Waals surface area contributed by atoms with E-state index in [1.807, 2.05) is 0 Å². The molecule has 1 amide bonds. The molecular formula is C8H10N2O2. The normalized spacial score (nSPS) is 16.7. The topological polar surface area (TPSA) is 58.5 Å². The molecule has 1 N–H and O–H groups in total. The van der Waals surface area contributed by atoms with E-state index in [1.165, 1.54) is 13.2 Å². The quantitative estimate of drug-likeness (QED) is 0.559. The molecule has 1 aliphatic rings. The molecule has 0 atom stereocenters. The summed E-state index contributed by atoms with van der Waals surface area (Å²) in [4.78, 5) is 26.1. The standard InChI is InChI=1S/C8H10N2O2/c1-5-3-7(11)6(4-10-5)8(12)9-2/h4H,3H2,1-2H3,(H,9,12). The first-order valence-corrected chi connectivity index (χ1v) is 3.64. The monoisotopic (exact) mass is 166 g/mol. The summed E-state index contributed by atoms with van der Waals surface area (Å²) in [5.41, 5.74) is 0.885. The largest absolute Gasteiger partial charge is 0.355 e. The summed E-state index contributed by atoms with van der Waals surface area (Å²) in [5.74, 6) is -0.530. The lowest BCUT2D eigenvalue weighted by molar-refractivity contribution is -0.121. The molecule has 0 aromatic rings. The molecule has 1 aliphatic heterocycles. The number of rotatable bonds is 1. The predicted molar refractivity (Wildman–Crippen MR) is 44.9 cm³/mol. The Hall–Kier alpha value is -1.45. The number of hydrogen-bond acceptors (Lipinski definition) is 3. The van der Waals surface area contributed by atoms with Crippen LogP contribution in [0.3, 0.4) is 0 Å². The van der Waals surface area contributed by atoms with Crippen molar-refractivity contribution in [3.8, 4) is 0 Å². The summed E-state index contributed by atoms with van der Waals surface area (Å²) < 4.78 is 0. The fourth-order valence-electron chi connectivity index (χ4n) is 0.940. The van der Waals surface area contributed by atoms with Crippen LogP contribution >= 0.6 is 0 Å². The molecule has 0 unspecified atom stereocenters. The average Bonchev–Trinajstić information content (AvgIpc) is 2.03. The number of hydrogen-bond donors (Lipinski definition) is 1. The summed E-state index contributed by atoms with van der Waals surface area (Å²) in [6.45, 7) is 1.76. The van der Waals surface area contributed by atoms with Crippen molar-refractivity contribution >= 4 is 17.4 Å². The molecule has 0 saturated carbocycles. The summed E-state index contributed by atoms with van der Waals surface area (Å²) in [6, 6.07) is 0. The predicted octanol–water partition coefficient (Wildman–Crippen LogP) is 0.0500. The van der Waals surface area contributed by atoms with Gasteiger partial charge in [-0.15, -0.1) is 0 Å². The minimum absolute atomic E-state index is 0.142. The molecule has 12 heavy (non-hydrogen) atoms. The number of likely N-dealkylation sites (N-methyl/N-ethyl adjacent to an activating group) is 1. The molecular weight excluding hydrogens is 156 g/mol. The van der Waals surface area contributed by atoms with Crippen LogP contribution in [0.5, 0.6) is 0 Å². The molecule has 4 nitrogen and oxygen atoms in total. The lowest BCUT2D eigenvalue weighted by Crippen LogP contribution is -2.27. The second-order valence-corrected chi connectivity index (χ2v) is 2.59. The lowest BCUT2D eigenvalue weighted by Gasteiger charge is -2.07. The number of Topliss-reactive ketones (excluding diaryl/α,β-unsaturated/α-hetero) is 1. The van der Waals surface area contributed by atoms with Crippen molar-refractivity contribution in [1.29, 1.82) is 0 Å². The number of carbonyl (C=O) groups excluding carboxylic acids is 2. The van der Waals surface area contributed by atoms with Crippen molar-refractivity contribution in [1.82, 2.24) is 5.32 Å². The Morgan fingerprint density at radius 3 is 2.83 bits per heavy atom. The maximum atomic E-state index is 11.2. The molecule has 0 aromatic carbocycles. The van der Waals surface area contributed by atoms with Gasteiger partial charge in [0, 0.05) is 25.4 Å². The van der Waals surface area contributed by atoms with Gasteiger partial charge < -0.3 is 5.32 Å². The minimum atomic E-state index is -0.365. The van der Waals surface area contributed by atoms with Gasteiger partial charge in [-0.05, 0) is 6.92 Å². The van der Waals surface area contributed by atoms with Gasteiger partial charge in [0.1, 0.15) is 5.57 Å². The van der Waals surface area contributed by atoms with Crippen LogP contribution in [0.25, 0.3) is 0 Å². The highest BCUT2D eigenvalue weighted by atomic mass is 16.2. The van der Waals surface area contributed by atoms with Crippen molar-refractivity contribution in [2.24, 2.45) is 4.99 Å². The first kappa shape index (κ1) is 8.64. The SMILES string of the molecule is CNC(=O)C1=CN=C(C)CC1=O. The van der Waals surface area contributed by atoms with Crippen molar-refractivity contribution < 1.29 is 9.59 Å². The molecule has 4 heteroatoms. The van der Waals surface area contributed by atoms with Gasteiger partial charge in [-0.3, -0.25) is 14.6 Å². The summed E-state index contributed by atoms with van der Waals surface area (Å²) >= 11 is 0. The van der Waals surface area contributed by atoms with E-state index in [-0.39, 0.29) is 23.7 Å². The number of nitrogens with one attached hydrogen (secondary N) is 1. The molecule has 1 heterocycles. The molecule has 0 spiro atoms. The molecule has 0 saturated heterocycles. The second kappa shape index (κ2) is 3.30. The maximum absolute atomic E-state index is 11.2. The van der Waals surface area contributed by atoms with Crippen LogP contribution < -0.4 is 5.32 Å². The Balaban J connectivity index is 2.90. The van der Waals surface area contributed by atoms with E-state index in [4.69, 9.17) is 0 Å². The number of nitrogens with zero attached hydrogens (tertiary/aromatic N) is 1. The van der Waals surface area contributed by atoms with Crippen LogP contribution in [0.4, 0.5) is 0 Å². The molecule has 1 rings (SSSR count). The molecule has 0 bridgehead atoms. The Morgan fingerprint density at radius 2 is 2.33 bits per heavy atom. The van der Waals surface area contributed by atoms with Crippen LogP contribution in [0.15, 0.2) is 16.8 Å². The van der Waals surface area contributed by atoms with E-state index in [9.17, 15) is 9.59 Å². The Labute approximate surface area is 70.4 Å². The third-order valence-electron chi connectivity index (χ3n) is 1.60. The van der Waals surface area contributed by atoms with Gasteiger partial charge in [0.05, 0.1) is 0 Å². The third-order valence-corrected chi connectivity index (χ3v) is 1.60. The van der Waals surface area contributed by atoms with Gasteiger partial charge in [-0.25, -0.2) is 0 Å². The van der Waals surface area contributed by atoms with E-state index in [2.05, 4.69) is 10.3 Å². The number of ketones is 1. The first-order chi connectivity index (χ1) is 5.65. The highest BCUT2D eigenvalue weighted by Crippen LogP contribution is 2.08. The van der Waals surface area contributed by atoms with Gasteiger partial charge in [0.25, 0.3) is 5.91 Å². The zero-order chi connectivity index (χ0) is 9.14. The van der Waals surface area contributed by atoms with Crippen molar-refractivity contribution in [3.63, 3.8) is 0 Å². The van der Waals surface area contributed by atoms with E-state index in [0.29, 0.717) is 0 Å². The summed E-state index contributed by atoms with van der Waals surface area (Å²) in [5, 5.41) is 2.38. The Bertz CT molecular complexity index is 279. The van der Waals surface area contributed by atoms with Gasteiger partial charge in [0.2, 0.25) is 0 Å². The van der Waals surface area contributed by atoms with Gasteiger partial charge in [0.15, 0.2) is 5.78 Å². The van der Waals surface area contributed by atoms with Crippen LogP contribution in [-0.2, 0) is 9.59 Å². The molecule has 0 radical (unpaired) electrons. The molecule has 64 valence electrons. The highest BCUT2D eigenvalue weighted by molar-refractivity contribution is 6.24. The fraction of sp³-hybridized carbons (Fsp3) is 0.375. The zero-order valence-electron chi connectivity index (χ0n) is 7.05. The van der Waals surface area contributed by atoms with Crippen molar-refractivity contribution in [2.75, 3.05) is 7.05 Å². The summed E-state index contributed by atoms with van der Waals surface area (Å²) in [7, 11) is 1.49. The molecule has 0 aliphatic carbocycles. The Kier molecular flexibility index (Phi) is 2.38. The van der Waals surface area contributed by atoms with Crippen molar-refractivity contribution in [3.05, 3.63) is 11.8 Å². The number of aliphatic imine (C=N–C) groups is 1. The average molecular weight is 166 g/mol. The van der Waals surface area contributed by atoms with Crippen LogP contribution in [-0.4, -0.2) is 24.4 Å². The first-order valence-electron chi connectivity index (χ1n) is 3.64. The van der Waals surface area contributed by atoms with E-state index in [1.54, 1.807) is 6.92 Å². The van der Waals surface area contributed by atoms with Crippen LogP contribution in [0.2, 0.25) is 0 Å². The zero-order valence-corrected chi connectivity index (χ0v) is 7.05. The molecule has 0 aromatic heterocycles. The van der Waals surface area contributed by atoms with E-state index in [0.717, 1.165) is 5.71 Å². The Morgan fingerprint density at radius 1 is 1.67 bits per heavy atom. The highest BCUT2D eigenvalue weighted by Gasteiger charge is 2.20. The van der Waals surface area contributed by atoms with Gasteiger partial charge in [-0.2, -0.15) is 0 Å². The van der Waals surface area contributed by atoms with Crippen LogP contribution in [0, 0.1) is 0 Å². The lowest BCUT2D eigenvalue weighted by atomic mass is 10.0. The fourth-order valence-corrected chi connectivity index (χ4v) is 0.940. The van der Waals surface area contributed by atoms with Gasteiger partial charge >= 0.3 is 0 Å². The number of amides is 1. The van der Waals surface area contributed by atoms with Crippen LogP contribution in [0.1, 0.15) is 13.3 Å². The maximum Gasteiger partial charge on any atom is 0.256 e. The second-order valence-electron chi connectivity index (χ2n) is 2.59. The third kappa shape index (κ3) is 1.58.